The molecule has 1 aliphatic carbocycles. The Balaban J connectivity index is 2.08. The van der Waals surface area contributed by atoms with Crippen LogP contribution in [-0.2, 0) is 9.53 Å². The maximum Gasteiger partial charge on any atom is 0.324 e. The maximum absolute atomic E-state index is 12.9. The van der Waals surface area contributed by atoms with Crippen molar-refractivity contribution in [2.75, 3.05) is 13.3 Å². The van der Waals surface area contributed by atoms with Crippen molar-refractivity contribution in [1.29, 1.82) is 0 Å². The second-order valence-electron chi connectivity index (χ2n) is 7.17. The second-order valence-corrected chi connectivity index (χ2v) is 7.17. The Bertz CT molecular complexity index is 679. The molecule has 0 bridgehead atoms. The van der Waals surface area contributed by atoms with Crippen LogP contribution in [0, 0.1) is 5.41 Å². The van der Waals surface area contributed by atoms with Gasteiger partial charge < -0.3 is 10.1 Å². The van der Waals surface area contributed by atoms with Crippen LogP contribution in [0.5, 0.6) is 0 Å². The summed E-state index contributed by atoms with van der Waals surface area (Å²) in [5.41, 5.74) is 2.28. The third kappa shape index (κ3) is 3.08. The summed E-state index contributed by atoms with van der Waals surface area (Å²) in [4.78, 5) is 27.1. The minimum Gasteiger partial charge on any atom is -0.361 e. The van der Waals surface area contributed by atoms with Crippen LogP contribution in [0.25, 0.3) is 0 Å². The zero-order valence-corrected chi connectivity index (χ0v) is 14.5. The summed E-state index contributed by atoms with van der Waals surface area (Å²) in [6, 6.07) is 9.11. The van der Waals surface area contributed by atoms with Crippen molar-refractivity contribution >= 4 is 11.8 Å². The van der Waals surface area contributed by atoms with Gasteiger partial charge in [-0.05, 0) is 24.3 Å². The summed E-state index contributed by atoms with van der Waals surface area (Å²) >= 11 is 0. The number of benzene rings is 1. The molecule has 1 heterocycles. The number of amides is 2. The Morgan fingerprint density at radius 3 is 2.58 bits per heavy atom. The molecule has 1 aromatic carbocycles. The van der Waals surface area contributed by atoms with Gasteiger partial charge in [-0.25, -0.2) is 4.79 Å². The number of ketones is 1. The number of nitrogens with one attached hydrogen (secondary N) is 1. The highest BCUT2D eigenvalue weighted by Crippen LogP contribution is 2.44. The van der Waals surface area contributed by atoms with E-state index in [0.717, 1.165) is 11.3 Å². The first-order valence-corrected chi connectivity index (χ1v) is 8.39. The Morgan fingerprint density at radius 1 is 1.21 bits per heavy atom. The van der Waals surface area contributed by atoms with Crippen LogP contribution in [0.4, 0.5) is 4.79 Å². The van der Waals surface area contributed by atoms with E-state index in [1.54, 1.807) is 4.90 Å². The van der Waals surface area contributed by atoms with Gasteiger partial charge in [0, 0.05) is 24.3 Å². The SMILES string of the molecule is CCOCN1C(=O)NC2=C(C(=O)CC(C)(C)C2)C1c1ccccc1. The van der Waals surface area contributed by atoms with Gasteiger partial charge in [-0.3, -0.25) is 9.69 Å². The van der Waals surface area contributed by atoms with E-state index in [1.807, 2.05) is 37.3 Å². The first-order chi connectivity index (χ1) is 11.4. The van der Waals surface area contributed by atoms with Gasteiger partial charge in [0.15, 0.2) is 5.78 Å². The van der Waals surface area contributed by atoms with Crippen molar-refractivity contribution < 1.29 is 14.3 Å². The van der Waals surface area contributed by atoms with E-state index in [-0.39, 0.29) is 30.0 Å². The van der Waals surface area contributed by atoms with E-state index < -0.39 is 0 Å². The molecule has 1 aromatic rings. The molecule has 3 rings (SSSR count). The standard InChI is InChI=1S/C19H24N2O3/c1-4-24-12-21-17(13-8-6-5-7-9-13)16-14(20-18(21)23)10-19(2,3)11-15(16)22/h5-9,17H,4,10-12H2,1-3H3,(H,20,23). The molecule has 1 N–H and O–H groups in total. The van der Waals surface area contributed by atoms with Gasteiger partial charge in [-0.2, -0.15) is 0 Å². The summed E-state index contributed by atoms with van der Waals surface area (Å²) in [7, 11) is 0. The molecule has 1 aliphatic heterocycles. The number of ether oxygens (including phenoxy) is 1. The topological polar surface area (TPSA) is 58.6 Å². The van der Waals surface area contributed by atoms with Crippen molar-refractivity contribution in [3.8, 4) is 0 Å². The third-order valence-electron chi connectivity index (χ3n) is 4.57. The van der Waals surface area contributed by atoms with E-state index in [0.29, 0.717) is 25.0 Å². The van der Waals surface area contributed by atoms with E-state index in [2.05, 4.69) is 19.2 Å². The smallest absolute Gasteiger partial charge is 0.324 e. The molecular formula is C19H24N2O3. The summed E-state index contributed by atoms with van der Waals surface area (Å²) in [6.07, 6.45) is 1.19. The Hall–Kier alpha value is -2.14. The molecule has 0 saturated heterocycles. The molecule has 2 amide bonds. The fourth-order valence-corrected chi connectivity index (χ4v) is 3.54. The van der Waals surface area contributed by atoms with E-state index >= 15 is 0 Å². The summed E-state index contributed by atoms with van der Waals surface area (Å²) in [5, 5.41) is 2.93. The normalized spacial score (nSPS) is 23.1. The lowest BCUT2D eigenvalue weighted by Gasteiger charge is -2.43. The van der Waals surface area contributed by atoms with Crippen LogP contribution in [0.3, 0.4) is 0 Å². The van der Waals surface area contributed by atoms with E-state index in [4.69, 9.17) is 4.74 Å². The van der Waals surface area contributed by atoms with Crippen LogP contribution in [0.2, 0.25) is 0 Å². The van der Waals surface area contributed by atoms with Gasteiger partial charge in [0.05, 0.1) is 6.04 Å². The lowest BCUT2D eigenvalue weighted by molar-refractivity contribution is -0.119. The summed E-state index contributed by atoms with van der Waals surface area (Å²) < 4.78 is 5.48. The average Bonchev–Trinajstić information content (AvgIpc) is 2.52. The summed E-state index contributed by atoms with van der Waals surface area (Å²) in [6.45, 7) is 6.68. The highest BCUT2D eigenvalue weighted by molar-refractivity contribution is 6.01. The molecule has 0 aromatic heterocycles. The number of Topliss-reactive ketones (excluding diaryl/α,β-unsaturated/α-hetero) is 1. The number of carbonyl (C=O) groups is 2. The summed E-state index contributed by atoms with van der Waals surface area (Å²) in [5.74, 6) is 0.108. The van der Waals surface area contributed by atoms with Crippen molar-refractivity contribution in [3.05, 3.63) is 47.2 Å². The second kappa shape index (κ2) is 6.40. The Kier molecular flexibility index (Phi) is 4.45. The fraction of sp³-hybridized carbons (Fsp3) is 0.474. The van der Waals surface area contributed by atoms with E-state index in [1.165, 1.54) is 0 Å². The number of nitrogens with zero attached hydrogens (tertiary/aromatic N) is 1. The monoisotopic (exact) mass is 328 g/mol. The number of hydrogen-bond donors (Lipinski definition) is 1. The molecule has 24 heavy (non-hydrogen) atoms. The molecule has 5 nitrogen and oxygen atoms in total. The average molecular weight is 328 g/mol. The maximum atomic E-state index is 12.9. The van der Waals surface area contributed by atoms with Crippen LogP contribution in [0.1, 0.15) is 45.2 Å². The van der Waals surface area contributed by atoms with Crippen molar-refractivity contribution in [1.82, 2.24) is 10.2 Å². The van der Waals surface area contributed by atoms with Crippen LogP contribution < -0.4 is 5.32 Å². The lowest BCUT2D eigenvalue weighted by atomic mass is 9.72. The zero-order valence-electron chi connectivity index (χ0n) is 14.5. The number of allylic oxidation sites excluding steroid dienone is 1. The highest BCUT2D eigenvalue weighted by Gasteiger charge is 2.43. The number of rotatable bonds is 4. The largest absolute Gasteiger partial charge is 0.361 e. The molecule has 5 heteroatoms. The first-order valence-electron chi connectivity index (χ1n) is 8.39. The molecule has 0 spiro atoms. The molecular weight excluding hydrogens is 304 g/mol. The molecule has 2 aliphatic rings. The van der Waals surface area contributed by atoms with E-state index in [9.17, 15) is 9.59 Å². The molecule has 1 atom stereocenters. The first kappa shape index (κ1) is 16.7. The number of hydrogen-bond acceptors (Lipinski definition) is 3. The Morgan fingerprint density at radius 2 is 1.92 bits per heavy atom. The lowest BCUT2D eigenvalue weighted by Crippen LogP contribution is -2.51. The van der Waals surface area contributed by atoms with Gasteiger partial charge in [-0.1, -0.05) is 44.2 Å². The minimum atomic E-state index is -0.384. The molecule has 0 fully saturated rings. The van der Waals surface area contributed by atoms with Crippen LogP contribution >= 0.6 is 0 Å². The van der Waals surface area contributed by atoms with Crippen molar-refractivity contribution in [2.45, 2.75) is 39.7 Å². The minimum absolute atomic E-state index is 0.108. The molecule has 128 valence electrons. The van der Waals surface area contributed by atoms with Gasteiger partial charge in [-0.15, -0.1) is 0 Å². The quantitative estimate of drug-likeness (QED) is 0.921. The van der Waals surface area contributed by atoms with Crippen LogP contribution in [0.15, 0.2) is 41.6 Å². The molecule has 0 radical (unpaired) electrons. The number of carbonyl (C=O) groups excluding carboxylic acids is 2. The number of urea groups is 1. The Labute approximate surface area is 142 Å². The predicted octanol–water partition coefficient (Wildman–Crippen LogP) is 3.39. The highest BCUT2D eigenvalue weighted by atomic mass is 16.5. The van der Waals surface area contributed by atoms with Crippen molar-refractivity contribution in [3.63, 3.8) is 0 Å². The van der Waals surface area contributed by atoms with Gasteiger partial charge in [0.1, 0.15) is 6.73 Å². The van der Waals surface area contributed by atoms with Crippen LogP contribution in [-0.4, -0.2) is 30.1 Å². The molecule has 0 saturated carbocycles. The third-order valence-corrected chi connectivity index (χ3v) is 4.57. The fourth-order valence-electron chi connectivity index (χ4n) is 3.54. The van der Waals surface area contributed by atoms with Crippen molar-refractivity contribution in [2.24, 2.45) is 5.41 Å². The van der Waals surface area contributed by atoms with Gasteiger partial charge in [0.25, 0.3) is 0 Å². The zero-order chi connectivity index (χ0) is 17.3. The molecule has 1 unspecified atom stereocenters. The van der Waals surface area contributed by atoms with Gasteiger partial charge in [0.2, 0.25) is 0 Å². The van der Waals surface area contributed by atoms with Gasteiger partial charge >= 0.3 is 6.03 Å². The predicted molar refractivity (Wildman–Crippen MR) is 91.1 cm³/mol.